The fourth-order valence-corrected chi connectivity index (χ4v) is 6.27. The van der Waals surface area contributed by atoms with Gasteiger partial charge in [-0.3, -0.25) is 14.4 Å². The summed E-state index contributed by atoms with van der Waals surface area (Å²) in [7, 11) is 1.53. The molecule has 0 spiro atoms. The Labute approximate surface area is 280 Å². The summed E-state index contributed by atoms with van der Waals surface area (Å²) in [5.74, 6) is -0.617. The molecule has 1 atom stereocenters. The molecule has 0 aliphatic rings. The SMILES string of the molecule is COc1cc(Cl)c(C)cc1NC(=O)C(Sc1ccc(NC(=O)/C(=C/c2cccs2)NC(=O)c2ccccc2)cc1)c1ccccc1. The second kappa shape index (κ2) is 15.4. The second-order valence-corrected chi connectivity index (χ2v) is 12.6. The number of thiophene rings is 1. The van der Waals surface area contributed by atoms with Crippen LogP contribution in [0.5, 0.6) is 5.75 Å². The smallest absolute Gasteiger partial charge is 0.272 e. The Morgan fingerprint density at radius 3 is 2.22 bits per heavy atom. The largest absolute Gasteiger partial charge is 0.495 e. The summed E-state index contributed by atoms with van der Waals surface area (Å²) in [5, 5.41) is 10.5. The molecule has 0 bridgehead atoms. The van der Waals surface area contributed by atoms with Crippen molar-refractivity contribution in [3.63, 3.8) is 0 Å². The third kappa shape index (κ3) is 8.45. The Kier molecular flexibility index (Phi) is 10.9. The van der Waals surface area contributed by atoms with Gasteiger partial charge in [-0.15, -0.1) is 23.1 Å². The zero-order valence-electron chi connectivity index (χ0n) is 25.0. The molecular formula is C36H30ClN3O4S2. The van der Waals surface area contributed by atoms with Gasteiger partial charge in [0.2, 0.25) is 5.91 Å². The first-order valence-electron chi connectivity index (χ1n) is 14.2. The van der Waals surface area contributed by atoms with Gasteiger partial charge in [0.05, 0.1) is 12.8 Å². The van der Waals surface area contributed by atoms with E-state index in [1.165, 1.54) is 30.2 Å². The summed E-state index contributed by atoms with van der Waals surface area (Å²) in [5.41, 5.74) is 3.25. The van der Waals surface area contributed by atoms with E-state index in [1.807, 2.05) is 73.0 Å². The number of hydrogen-bond donors (Lipinski definition) is 3. The van der Waals surface area contributed by atoms with Crippen molar-refractivity contribution in [2.24, 2.45) is 0 Å². The lowest BCUT2D eigenvalue weighted by Crippen LogP contribution is -2.30. The number of ether oxygens (including phenoxy) is 1. The molecule has 0 aliphatic carbocycles. The Bertz CT molecular complexity index is 1850. The summed E-state index contributed by atoms with van der Waals surface area (Å²) >= 11 is 9.09. The van der Waals surface area contributed by atoms with Crippen LogP contribution in [0, 0.1) is 6.92 Å². The van der Waals surface area contributed by atoms with Crippen LogP contribution in [0.15, 0.2) is 125 Å². The van der Waals surface area contributed by atoms with Crippen LogP contribution < -0.4 is 20.7 Å². The van der Waals surface area contributed by atoms with Crippen molar-refractivity contribution in [2.75, 3.05) is 17.7 Å². The van der Waals surface area contributed by atoms with Crippen LogP contribution in [0.1, 0.15) is 31.6 Å². The van der Waals surface area contributed by atoms with Gasteiger partial charge < -0.3 is 20.7 Å². The fourth-order valence-electron chi connectivity index (χ4n) is 4.44. The summed E-state index contributed by atoms with van der Waals surface area (Å²) in [6, 6.07) is 32.6. The molecule has 1 heterocycles. The molecule has 3 amide bonds. The van der Waals surface area contributed by atoms with Crippen molar-refractivity contribution in [1.82, 2.24) is 5.32 Å². The van der Waals surface area contributed by atoms with Crippen molar-refractivity contribution in [1.29, 1.82) is 0 Å². The van der Waals surface area contributed by atoms with E-state index < -0.39 is 11.2 Å². The maximum absolute atomic E-state index is 13.7. The predicted molar refractivity (Wildman–Crippen MR) is 188 cm³/mol. The molecule has 232 valence electrons. The molecule has 10 heteroatoms. The molecule has 0 fully saturated rings. The number of thioether (sulfide) groups is 1. The van der Waals surface area contributed by atoms with Crippen molar-refractivity contribution in [2.45, 2.75) is 17.1 Å². The minimum Gasteiger partial charge on any atom is -0.495 e. The molecular weight excluding hydrogens is 638 g/mol. The topological polar surface area (TPSA) is 96.5 Å². The molecule has 4 aromatic carbocycles. The summed E-state index contributed by atoms with van der Waals surface area (Å²) < 4.78 is 5.45. The van der Waals surface area contributed by atoms with Crippen molar-refractivity contribution < 1.29 is 19.1 Å². The van der Waals surface area contributed by atoms with Crippen molar-refractivity contribution in [3.8, 4) is 5.75 Å². The molecule has 0 radical (unpaired) electrons. The van der Waals surface area contributed by atoms with Gasteiger partial charge in [-0.05, 0) is 78.0 Å². The van der Waals surface area contributed by atoms with E-state index in [-0.39, 0.29) is 17.5 Å². The van der Waals surface area contributed by atoms with Gasteiger partial charge >= 0.3 is 0 Å². The molecule has 0 saturated carbocycles. The number of halogens is 1. The molecule has 1 unspecified atom stereocenters. The standard InChI is InChI=1S/C36H30ClN3O4S2/c1-23-20-30(32(44-2)22-29(23)37)39-36(43)33(24-10-5-3-6-11-24)46-27-17-15-26(16-18-27)38-35(42)31(21-28-14-9-19-45-28)40-34(41)25-12-7-4-8-13-25/h3-22,33H,1-2H3,(H,38,42)(H,39,43)(H,40,41)/b31-21-. The number of anilines is 2. The van der Waals surface area contributed by atoms with Crippen LogP contribution in [-0.2, 0) is 9.59 Å². The van der Waals surface area contributed by atoms with Gasteiger partial charge in [0.25, 0.3) is 11.8 Å². The van der Waals surface area contributed by atoms with Gasteiger partial charge in [-0.25, -0.2) is 0 Å². The highest BCUT2D eigenvalue weighted by molar-refractivity contribution is 8.00. The second-order valence-electron chi connectivity index (χ2n) is 10.1. The number of hydrogen-bond acceptors (Lipinski definition) is 6. The number of carbonyl (C=O) groups excluding carboxylic acids is 3. The van der Waals surface area contributed by atoms with Gasteiger partial charge in [-0.1, -0.05) is 66.2 Å². The van der Waals surface area contributed by atoms with E-state index >= 15 is 0 Å². The van der Waals surface area contributed by atoms with Gasteiger partial charge in [0.1, 0.15) is 16.7 Å². The van der Waals surface area contributed by atoms with Crippen LogP contribution in [0.3, 0.4) is 0 Å². The van der Waals surface area contributed by atoms with Gasteiger partial charge in [0, 0.05) is 32.1 Å². The molecule has 46 heavy (non-hydrogen) atoms. The van der Waals surface area contributed by atoms with Crippen LogP contribution >= 0.6 is 34.7 Å². The quantitative estimate of drug-likeness (QED) is 0.0968. The lowest BCUT2D eigenvalue weighted by molar-refractivity contribution is -0.116. The molecule has 0 saturated heterocycles. The van der Waals surface area contributed by atoms with E-state index in [0.717, 1.165) is 20.9 Å². The van der Waals surface area contributed by atoms with E-state index in [2.05, 4.69) is 16.0 Å². The number of nitrogens with one attached hydrogen (secondary N) is 3. The van der Waals surface area contributed by atoms with Crippen LogP contribution in [-0.4, -0.2) is 24.8 Å². The number of benzene rings is 4. The van der Waals surface area contributed by atoms with Crippen LogP contribution in [0.25, 0.3) is 6.08 Å². The highest BCUT2D eigenvalue weighted by Gasteiger charge is 2.24. The number of carbonyl (C=O) groups is 3. The molecule has 0 aliphatic heterocycles. The number of methoxy groups -OCH3 is 1. The Morgan fingerprint density at radius 2 is 1.57 bits per heavy atom. The first-order valence-corrected chi connectivity index (χ1v) is 16.3. The van der Waals surface area contributed by atoms with Gasteiger partial charge in [-0.2, -0.15) is 0 Å². The molecule has 5 aromatic rings. The third-order valence-electron chi connectivity index (χ3n) is 6.80. The van der Waals surface area contributed by atoms with Gasteiger partial charge in [0.15, 0.2) is 0 Å². The highest BCUT2D eigenvalue weighted by Crippen LogP contribution is 2.38. The lowest BCUT2D eigenvalue weighted by Gasteiger charge is -2.19. The first-order chi connectivity index (χ1) is 22.3. The normalized spacial score (nSPS) is 11.8. The van der Waals surface area contributed by atoms with E-state index in [0.29, 0.717) is 27.7 Å². The highest BCUT2D eigenvalue weighted by atomic mass is 35.5. The van der Waals surface area contributed by atoms with E-state index in [9.17, 15) is 14.4 Å². The maximum Gasteiger partial charge on any atom is 0.272 e. The van der Waals surface area contributed by atoms with Crippen molar-refractivity contribution in [3.05, 3.63) is 147 Å². The average Bonchev–Trinajstić information content (AvgIpc) is 3.59. The first kappa shape index (κ1) is 32.6. The fraction of sp³-hybridized carbons (Fsp3) is 0.0833. The zero-order chi connectivity index (χ0) is 32.5. The molecule has 5 rings (SSSR count). The predicted octanol–water partition coefficient (Wildman–Crippen LogP) is 8.60. The molecule has 7 nitrogen and oxygen atoms in total. The zero-order valence-corrected chi connectivity index (χ0v) is 27.3. The molecule has 1 aromatic heterocycles. The minimum atomic E-state index is -0.587. The Morgan fingerprint density at radius 1 is 0.870 bits per heavy atom. The van der Waals surface area contributed by atoms with E-state index in [4.69, 9.17) is 16.3 Å². The monoisotopic (exact) mass is 667 g/mol. The minimum absolute atomic E-state index is 0.114. The number of amides is 3. The maximum atomic E-state index is 13.7. The number of aryl methyl sites for hydroxylation is 1. The summed E-state index contributed by atoms with van der Waals surface area (Å²) in [6.07, 6.45) is 1.64. The van der Waals surface area contributed by atoms with Crippen LogP contribution in [0.4, 0.5) is 11.4 Å². The van der Waals surface area contributed by atoms with E-state index in [1.54, 1.807) is 54.6 Å². The van der Waals surface area contributed by atoms with Crippen molar-refractivity contribution >= 4 is 69.9 Å². The number of rotatable bonds is 11. The Hall–Kier alpha value is -4.83. The van der Waals surface area contributed by atoms with Crippen LogP contribution in [0.2, 0.25) is 5.02 Å². The Balaban J connectivity index is 1.32. The average molecular weight is 668 g/mol. The molecule has 3 N–H and O–H groups in total. The lowest BCUT2D eigenvalue weighted by atomic mass is 10.1. The third-order valence-corrected chi connectivity index (χ3v) is 9.30. The summed E-state index contributed by atoms with van der Waals surface area (Å²) in [4.78, 5) is 41.5. The summed E-state index contributed by atoms with van der Waals surface area (Å²) in [6.45, 7) is 1.86.